The fourth-order valence-electron chi connectivity index (χ4n) is 2.08. The van der Waals surface area contributed by atoms with E-state index in [0.717, 1.165) is 17.9 Å². The lowest BCUT2D eigenvalue weighted by Crippen LogP contribution is -2.37. The molecule has 1 N–H and O–H groups in total. The van der Waals surface area contributed by atoms with Gasteiger partial charge in [-0.25, -0.2) is 13.4 Å². The van der Waals surface area contributed by atoms with Crippen molar-refractivity contribution in [2.45, 2.75) is 24.3 Å². The van der Waals surface area contributed by atoms with Crippen molar-refractivity contribution >= 4 is 43.5 Å². The third-order valence-electron chi connectivity index (χ3n) is 3.24. The van der Waals surface area contributed by atoms with Crippen LogP contribution in [0.25, 0.3) is 0 Å². The van der Waals surface area contributed by atoms with E-state index in [1.54, 1.807) is 31.1 Å². The maximum atomic E-state index is 12.8. The molecule has 20 heavy (non-hydrogen) atoms. The lowest BCUT2D eigenvalue weighted by atomic mass is 10.3. The monoisotopic (exact) mass is 379 g/mol. The Labute approximate surface area is 132 Å². The first-order chi connectivity index (χ1) is 9.46. The van der Waals surface area contributed by atoms with Crippen molar-refractivity contribution in [2.75, 3.05) is 30.4 Å². The molecule has 0 saturated carbocycles. The van der Waals surface area contributed by atoms with E-state index in [4.69, 9.17) is 0 Å². The summed E-state index contributed by atoms with van der Waals surface area (Å²) in [6.07, 6.45) is 2.50. The van der Waals surface area contributed by atoms with Crippen molar-refractivity contribution in [1.82, 2.24) is 9.29 Å². The number of sulfonamides is 1. The molecular weight excluding hydrogens is 362 g/mol. The number of aromatic nitrogens is 1. The van der Waals surface area contributed by atoms with Gasteiger partial charge in [0, 0.05) is 36.1 Å². The minimum absolute atomic E-state index is 0.0680. The molecule has 2 rings (SSSR count). The maximum Gasteiger partial charge on any atom is 0.246 e. The molecule has 0 radical (unpaired) electrons. The van der Waals surface area contributed by atoms with Crippen molar-refractivity contribution in [3.8, 4) is 0 Å². The van der Waals surface area contributed by atoms with Crippen LogP contribution in [-0.4, -0.2) is 48.8 Å². The highest BCUT2D eigenvalue weighted by molar-refractivity contribution is 9.10. The summed E-state index contributed by atoms with van der Waals surface area (Å²) in [5.41, 5.74) is 0. The minimum atomic E-state index is -3.53. The molecule has 1 unspecified atom stereocenters. The number of anilines is 1. The summed E-state index contributed by atoms with van der Waals surface area (Å²) in [6.45, 7) is 2.54. The molecule has 1 atom stereocenters. The predicted molar refractivity (Wildman–Crippen MR) is 86.8 cm³/mol. The Bertz CT molecular complexity index is 574. The first-order valence-electron chi connectivity index (χ1n) is 6.42. The molecule has 0 aliphatic carbocycles. The van der Waals surface area contributed by atoms with Gasteiger partial charge in [-0.05, 0) is 41.1 Å². The zero-order valence-corrected chi connectivity index (χ0v) is 14.7. The first-order valence-corrected chi connectivity index (χ1v) is 9.80. The molecule has 2 heterocycles. The second kappa shape index (κ2) is 6.64. The topological polar surface area (TPSA) is 62.3 Å². The van der Waals surface area contributed by atoms with E-state index in [1.165, 1.54) is 4.31 Å². The Hall–Kier alpha value is -0.310. The van der Waals surface area contributed by atoms with Gasteiger partial charge >= 0.3 is 0 Å². The van der Waals surface area contributed by atoms with E-state index in [-0.39, 0.29) is 10.9 Å². The van der Waals surface area contributed by atoms with Gasteiger partial charge in [0.05, 0.1) is 0 Å². The highest BCUT2D eigenvalue weighted by Crippen LogP contribution is 2.30. The molecule has 1 fully saturated rings. The third kappa shape index (κ3) is 3.29. The highest BCUT2D eigenvalue weighted by atomic mass is 79.9. The molecule has 112 valence electrons. The summed E-state index contributed by atoms with van der Waals surface area (Å²) in [6, 6.07) is 1.68. The van der Waals surface area contributed by atoms with E-state index in [0.29, 0.717) is 16.8 Å². The Balaban J connectivity index is 2.39. The highest BCUT2D eigenvalue weighted by Gasteiger charge is 2.32. The van der Waals surface area contributed by atoms with E-state index in [1.807, 2.05) is 6.92 Å². The number of rotatable bonds is 5. The second-order valence-electron chi connectivity index (χ2n) is 4.57. The van der Waals surface area contributed by atoms with Crippen LogP contribution in [0.1, 0.15) is 13.3 Å². The normalized spacial score (nSPS) is 19.5. The lowest BCUT2D eigenvalue weighted by Gasteiger charge is -2.24. The van der Waals surface area contributed by atoms with Crippen LogP contribution in [0, 0.1) is 0 Å². The maximum absolute atomic E-state index is 12.8. The number of thioether (sulfide) groups is 1. The average molecular weight is 380 g/mol. The van der Waals surface area contributed by atoms with Gasteiger partial charge in [0.15, 0.2) is 0 Å². The van der Waals surface area contributed by atoms with Gasteiger partial charge in [-0.15, -0.1) is 0 Å². The van der Waals surface area contributed by atoms with Crippen LogP contribution in [0.5, 0.6) is 0 Å². The molecule has 1 aliphatic heterocycles. The van der Waals surface area contributed by atoms with E-state index in [9.17, 15) is 8.42 Å². The van der Waals surface area contributed by atoms with Gasteiger partial charge in [0.25, 0.3) is 0 Å². The Morgan fingerprint density at radius 3 is 2.95 bits per heavy atom. The van der Waals surface area contributed by atoms with E-state index >= 15 is 0 Å². The average Bonchev–Trinajstić information content (AvgIpc) is 2.94. The van der Waals surface area contributed by atoms with Gasteiger partial charge in [0.1, 0.15) is 10.7 Å². The summed E-state index contributed by atoms with van der Waals surface area (Å²) in [4.78, 5) is 4.40. The zero-order chi connectivity index (χ0) is 14.8. The number of hydrogen-bond acceptors (Lipinski definition) is 5. The van der Waals surface area contributed by atoms with Crippen LogP contribution in [0.15, 0.2) is 21.6 Å². The molecular formula is C12H18BrN3O2S2. The van der Waals surface area contributed by atoms with Crippen LogP contribution in [0.3, 0.4) is 0 Å². The molecule has 1 saturated heterocycles. The van der Waals surface area contributed by atoms with Crippen molar-refractivity contribution in [2.24, 2.45) is 0 Å². The van der Waals surface area contributed by atoms with Crippen LogP contribution in [0.2, 0.25) is 0 Å². The molecule has 0 spiro atoms. The SMILES string of the molecule is CCNc1ncc(Br)cc1S(=O)(=O)N(C)C1CCSC1. The Morgan fingerprint density at radius 2 is 2.35 bits per heavy atom. The van der Waals surface area contributed by atoms with Crippen molar-refractivity contribution < 1.29 is 8.42 Å². The van der Waals surface area contributed by atoms with Gasteiger partial charge in [-0.2, -0.15) is 16.1 Å². The van der Waals surface area contributed by atoms with E-state index < -0.39 is 10.0 Å². The number of hydrogen-bond donors (Lipinski definition) is 1. The van der Waals surface area contributed by atoms with Gasteiger partial charge in [-0.3, -0.25) is 0 Å². The summed E-state index contributed by atoms with van der Waals surface area (Å²) in [7, 11) is -1.88. The Kier molecular flexibility index (Phi) is 5.33. The molecule has 0 amide bonds. The van der Waals surface area contributed by atoms with Crippen LogP contribution < -0.4 is 5.32 Å². The summed E-state index contributed by atoms with van der Waals surface area (Å²) >= 11 is 5.09. The quantitative estimate of drug-likeness (QED) is 0.850. The minimum Gasteiger partial charge on any atom is -0.369 e. The molecule has 8 heteroatoms. The number of pyridine rings is 1. The summed E-state index contributed by atoms with van der Waals surface area (Å²) < 4.78 is 27.7. The van der Waals surface area contributed by atoms with Crippen LogP contribution >= 0.6 is 27.7 Å². The summed E-state index contributed by atoms with van der Waals surface area (Å²) in [5, 5.41) is 3.01. The standard InChI is InChI=1S/C12H18BrN3O2S2/c1-3-14-12-11(6-9(13)7-15-12)20(17,18)16(2)10-4-5-19-8-10/h6-7,10H,3-5,8H2,1-2H3,(H,14,15). The largest absolute Gasteiger partial charge is 0.369 e. The van der Waals surface area contributed by atoms with Gasteiger partial charge in [-0.1, -0.05) is 0 Å². The molecule has 1 aliphatic rings. The van der Waals surface area contributed by atoms with Crippen molar-refractivity contribution in [3.63, 3.8) is 0 Å². The van der Waals surface area contributed by atoms with Gasteiger partial charge < -0.3 is 5.32 Å². The molecule has 1 aromatic heterocycles. The smallest absolute Gasteiger partial charge is 0.246 e. The molecule has 0 bridgehead atoms. The van der Waals surface area contributed by atoms with E-state index in [2.05, 4.69) is 26.2 Å². The molecule has 1 aromatic rings. The number of halogens is 1. The van der Waals surface area contributed by atoms with Gasteiger partial charge in [0.2, 0.25) is 10.0 Å². The lowest BCUT2D eigenvalue weighted by molar-refractivity contribution is 0.394. The van der Waals surface area contributed by atoms with Crippen LogP contribution in [-0.2, 0) is 10.0 Å². The fraction of sp³-hybridized carbons (Fsp3) is 0.583. The molecule has 5 nitrogen and oxygen atoms in total. The number of nitrogens with zero attached hydrogens (tertiary/aromatic N) is 2. The molecule has 0 aromatic carbocycles. The van der Waals surface area contributed by atoms with Crippen molar-refractivity contribution in [3.05, 3.63) is 16.7 Å². The predicted octanol–water partition coefficient (Wildman–Crippen LogP) is 2.40. The number of nitrogens with one attached hydrogen (secondary N) is 1. The second-order valence-corrected chi connectivity index (χ2v) is 8.60. The zero-order valence-electron chi connectivity index (χ0n) is 11.5. The first kappa shape index (κ1) is 16.1. The fourth-order valence-corrected chi connectivity index (χ4v) is 5.45. The van der Waals surface area contributed by atoms with Crippen molar-refractivity contribution in [1.29, 1.82) is 0 Å². The third-order valence-corrected chi connectivity index (χ3v) is 6.74. The summed E-state index contributed by atoms with van der Waals surface area (Å²) in [5.74, 6) is 2.28. The Morgan fingerprint density at radius 1 is 1.60 bits per heavy atom. The van der Waals surface area contributed by atoms with Crippen LogP contribution in [0.4, 0.5) is 5.82 Å².